The van der Waals surface area contributed by atoms with Crippen LogP contribution in [-0.4, -0.2) is 47.4 Å². The minimum absolute atomic E-state index is 0.139. The number of rotatable bonds is 10. The number of ether oxygens (including phenoxy) is 3. The smallest absolute Gasteiger partial charge is 0.328 e. The summed E-state index contributed by atoms with van der Waals surface area (Å²) in [5, 5.41) is -0.139. The van der Waals surface area contributed by atoms with Crippen LogP contribution in [0.5, 0.6) is 17.2 Å². The van der Waals surface area contributed by atoms with Gasteiger partial charge >= 0.3 is 5.69 Å². The lowest BCUT2D eigenvalue weighted by atomic mass is 10.2. The van der Waals surface area contributed by atoms with E-state index < -0.39 is 10.0 Å². The number of nitrogens with one attached hydrogen (secondary N) is 1. The summed E-state index contributed by atoms with van der Waals surface area (Å²) in [5.74, 6) is 1.25. The number of nitrogens with zero attached hydrogens (tertiary/aromatic N) is 4. The summed E-state index contributed by atoms with van der Waals surface area (Å²) in [6, 6.07) is 10.2. The molecule has 0 bridgehead atoms. The molecule has 2 aromatic heterocycles. The molecular formula is C23H27N5O6S. The first kappa shape index (κ1) is 24.4. The van der Waals surface area contributed by atoms with Crippen LogP contribution in [0.3, 0.4) is 0 Å². The van der Waals surface area contributed by atoms with Gasteiger partial charge < -0.3 is 18.8 Å². The first-order valence-electron chi connectivity index (χ1n) is 10.8. The summed E-state index contributed by atoms with van der Waals surface area (Å²) in [6.07, 6.45) is 3.53. The summed E-state index contributed by atoms with van der Waals surface area (Å²) in [5.41, 5.74) is 1.04. The molecule has 35 heavy (non-hydrogen) atoms. The Morgan fingerprint density at radius 2 is 1.71 bits per heavy atom. The molecule has 0 saturated heterocycles. The number of anilines is 1. The van der Waals surface area contributed by atoms with Crippen molar-refractivity contribution in [2.75, 3.05) is 25.0 Å². The van der Waals surface area contributed by atoms with Gasteiger partial charge in [-0.1, -0.05) is 6.07 Å². The van der Waals surface area contributed by atoms with Crippen LogP contribution < -0.4 is 19.9 Å². The van der Waals surface area contributed by atoms with E-state index in [1.54, 1.807) is 64.7 Å². The predicted octanol–water partition coefficient (Wildman–Crippen LogP) is 2.62. The van der Waals surface area contributed by atoms with Crippen molar-refractivity contribution in [2.45, 2.75) is 11.4 Å². The van der Waals surface area contributed by atoms with Crippen molar-refractivity contribution < 1.29 is 22.6 Å². The number of imidazole rings is 2. The monoisotopic (exact) mass is 501 g/mol. The Morgan fingerprint density at radius 3 is 2.40 bits per heavy atom. The normalized spacial score (nSPS) is 11.7. The third-order valence-corrected chi connectivity index (χ3v) is 6.62. The molecule has 0 fully saturated rings. The van der Waals surface area contributed by atoms with E-state index >= 15 is 0 Å². The van der Waals surface area contributed by atoms with E-state index in [4.69, 9.17) is 14.2 Å². The zero-order chi connectivity index (χ0) is 25.2. The second-order valence-electron chi connectivity index (χ2n) is 7.99. The van der Waals surface area contributed by atoms with E-state index in [-0.39, 0.29) is 22.2 Å². The van der Waals surface area contributed by atoms with Gasteiger partial charge in [0.15, 0.2) is 10.8 Å². The van der Waals surface area contributed by atoms with Crippen molar-refractivity contribution in [1.82, 2.24) is 18.7 Å². The van der Waals surface area contributed by atoms with Crippen LogP contribution in [0.2, 0.25) is 0 Å². The van der Waals surface area contributed by atoms with Crippen LogP contribution in [0.1, 0.15) is 6.42 Å². The van der Waals surface area contributed by atoms with Crippen molar-refractivity contribution in [3.8, 4) is 17.2 Å². The molecule has 186 valence electrons. The van der Waals surface area contributed by atoms with Gasteiger partial charge in [-0.25, -0.2) is 9.78 Å². The fourth-order valence-electron chi connectivity index (χ4n) is 3.56. The molecular weight excluding hydrogens is 474 g/mol. The molecule has 12 heteroatoms. The number of benzene rings is 2. The number of aromatic nitrogens is 4. The maximum atomic E-state index is 13.0. The molecule has 4 aromatic rings. The minimum atomic E-state index is -4.01. The molecule has 11 nitrogen and oxygen atoms in total. The lowest BCUT2D eigenvalue weighted by Crippen LogP contribution is -2.19. The molecule has 0 spiro atoms. The molecule has 4 rings (SSSR count). The summed E-state index contributed by atoms with van der Waals surface area (Å²) in [7, 11) is 2.56. The van der Waals surface area contributed by atoms with Crippen molar-refractivity contribution in [3.05, 3.63) is 59.4 Å². The number of hydrogen-bond donors (Lipinski definition) is 1. The molecule has 0 aliphatic carbocycles. The van der Waals surface area contributed by atoms with Gasteiger partial charge in [0.2, 0.25) is 0 Å². The summed E-state index contributed by atoms with van der Waals surface area (Å²) < 4.78 is 49.8. The van der Waals surface area contributed by atoms with Crippen LogP contribution in [0, 0.1) is 0 Å². The maximum absolute atomic E-state index is 13.0. The molecule has 0 unspecified atom stereocenters. The highest BCUT2D eigenvalue weighted by atomic mass is 32.2. The zero-order valence-electron chi connectivity index (χ0n) is 19.9. The molecule has 0 radical (unpaired) electrons. The Balaban J connectivity index is 1.72. The Labute approximate surface area is 202 Å². The van der Waals surface area contributed by atoms with Crippen LogP contribution in [0.25, 0.3) is 11.0 Å². The Kier molecular flexibility index (Phi) is 6.85. The predicted molar refractivity (Wildman–Crippen MR) is 131 cm³/mol. The lowest BCUT2D eigenvalue weighted by Gasteiger charge is -2.14. The number of sulfonamides is 1. The third-order valence-electron chi connectivity index (χ3n) is 5.37. The second kappa shape index (κ2) is 9.84. The highest BCUT2D eigenvalue weighted by Gasteiger charge is 2.22. The SMILES string of the molecule is COCCCOc1cccc(Oc2cc3c(cc2NS(=O)(=O)c2cn(C)cn2)n(C)c(=O)n3C)c1. The first-order chi connectivity index (χ1) is 16.7. The highest BCUT2D eigenvalue weighted by Crippen LogP contribution is 2.35. The van der Waals surface area contributed by atoms with E-state index in [9.17, 15) is 13.2 Å². The molecule has 2 aromatic carbocycles. The van der Waals surface area contributed by atoms with Crippen molar-refractivity contribution in [3.63, 3.8) is 0 Å². The van der Waals surface area contributed by atoms with E-state index in [0.717, 1.165) is 6.42 Å². The van der Waals surface area contributed by atoms with Gasteiger partial charge in [0.05, 0.1) is 29.7 Å². The van der Waals surface area contributed by atoms with Crippen molar-refractivity contribution in [1.29, 1.82) is 0 Å². The van der Waals surface area contributed by atoms with Gasteiger partial charge in [-0.05, 0) is 18.2 Å². The van der Waals surface area contributed by atoms with Crippen LogP contribution in [0.4, 0.5) is 5.69 Å². The van der Waals surface area contributed by atoms with Crippen molar-refractivity contribution in [2.24, 2.45) is 21.1 Å². The summed E-state index contributed by atoms with van der Waals surface area (Å²) in [6.45, 7) is 1.07. The van der Waals surface area contributed by atoms with Crippen LogP contribution >= 0.6 is 0 Å². The third kappa shape index (κ3) is 5.17. The van der Waals surface area contributed by atoms with E-state index in [1.807, 2.05) is 0 Å². The van der Waals surface area contributed by atoms with Gasteiger partial charge in [-0.15, -0.1) is 0 Å². The second-order valence-corrected chi connectivity index (χ2v) is 9.62. The van der Waals surface area contributed by atoms with Gasteiger partial charge in [-0.3, -0.25) is 13.9 Å². The average molecular weight is 502 g/mol. The summed E-state index contributed by atoms with van der Waals surface area (Å²) in [4.78, 5) is 16.4. The molecule has 0 saturated carbocycles. The van der Waals surface area contributed by atoms with E-state index in [2.05, 4.69) is 9.71 Å². The molecule has 2 heterocycles. The van der Waals surface area contributed by atoms with Gasteiger partial charge in [0.25, 0.3) is 10.0 Å². The topological polar surface area (TPSA) is 119 Å². The van der Waals surface area contributed by atoms with E-state index in [0.29, 0.717) is 35.7 Å². The van der Waals surface area contributed by atoms with Crippen LogP contribution in [0.15, 0.2) is 58.7 Å². The summed E-state index contributed by atoms with van der Waals surface area (Å²) >= 11 is 0. The Morgan fingerprint density at radius 1 is 1.00 bits per heavy atom. The first-order valence-corrected chi connectivity index (χ1v) is 12.3. The molecule has 0 atom stereocenters. The molecule has 0 aliphatic rings. The zero-order valence-corrected chi connectivity index (χ0v) is 20.7. The quantitative estimate of drug-likeness (QED) is 0.332. The fourth-order valence-corrected chi connectivity index (χ4v) is 4.61. The largest absolute Gasteiger partial charge is 0.493 e. The molecule has 0 aliphatic heterocycles. The Bertz CT molecular complexity index is 1520. The van der Waals surface area contributed by atoms with Gasteiger partial charge in [0.1, 0.15) is 11.5 Å². The number of methoxy groups -OCH3 is 1. The van der Waals surface area contributed by atoms with E-state index in [1.165, 1.54) is 26.2 Å². The van der Waals surface area contributed by atoms with Gasteiger partial charge in [-0.2, -0.15) is 8.42 Å². The number of aryl methyl sites for hydroxylation is 3. The lowest BCUT2D eigenvalue weighted by molar-refractivity contribution is 0.172. The van der Waals surface area contributed by atoms with Gasteiger partial charge in [0, 0.05) is 59.6 Å². The highest BCUT2D eigenvalue weighted by molar-refractivity contribution is 7.92. The maximum Gasteiger partial charge on any atom is 0.328 e. The fraction of sp³-hybridized carbons (Fsp3) is 0.304. The number of fused-ring (bicyclic) bond motifs is 1. The Hall–Kier alpha value is -3.77. The van der Waals surface area contributed by atoms with Crippen molar-refractivity contribution >= 4 is 26.7 Å². The standard InChI is InChI=1S/C23H27N5O6S/c1-26-14-22(24-15-26)35(30,31)25-18-12-19-20(28(3)23(29)27(19)2)13-21(18)34-17-8-5-7-16(11-17)33-10-6-9-32-4/h5,7-8,11-15,25H,6,9-10H2,1-4H3. The minimum Gasteiger partial charge on any atom is -0.493 e. The molecule has 0 amide bonds. The number of hydrogen-bond acceptors (Lipinski definition) is 7. The average Bonchev–Trinajstić information content (AvgIpc) is 3.36. The van der Waals surface area contributed by atoms with Crippen LogP contribution in [-0.2, 0) is 35.9 Å². The molecule has 1 N–H and O–H groups in total.